The molecule has 0 saturated carbocycles. The summed E-state index contributed by atoms with van der Waals surface area (Å²) in [5.74, 6) is 0.441. The third-order valence-corrected chi connectivity index (χ3v) is 4.32. The lowest BCUT2D eigenvalue weighted by Crippen LogP contribution is -2.37. The van der Waals surface area contributed by atoms with Gasteiger partial charge in [0.25, 0.3) is 0 Å². The largest absolute Gasteiger partial charge is 0.507 e. The number of nitrogens with zero attached hydrogens (tertiary/aromatic N) is 3. The second kappa shape index (κ2) is 9.73. The maximum absolute atomic E-state index is 9.87. The van der Waals surface area contributed by atoms with E-state index in [1.165, 1.54) is 0 Å². The van der Waals surface area contributed by atoms with Crippen LogP contribution >= 0.6 is 0 Å². The van der Waals surface area contributed by atoms with Crippen LogP contribution in [0.4, 0.5) is 0 Å². The van der Waals surface area contributed by atoms with Crippen molar-refractivity contribution in [3.63, 3.8) is 0 Å². The van der Waals surface area contributed by atoms with Crippen molar-refractivity contribution in [3.8, 4) is 11.5 Å². The van der Waals surface area contributed by atoms with E-state index in [2.05, 4.69) is 28.7 Å². The quantitative estimate of drug-likeness (QED) is 0.704. The molecular weight excluding hydrogens is 326 g/mol. The maximum Gasteiger partial charge on any atom is 0.124 e. The Morgan fingerprint density at radius 3 is 1.54 bits per heavy atom. The molecule has 0 saturated heterocycles. The van der Waals surface area contributed by atoms with Gasteiger partial charge in [-0.25, -0.2) is 0 Å². The van der Waals surface area contributed by atoms with Crippen molar-refractivity contribution in [2.75, 3.05) is 7.05 Å². The van der Waals surface area contributed by atoms with Crippen molar-refractivity contribution >= 4 is 12.4 Å². The number of benzene rings is 2. The molecule has 0 aliphatic rings. The summed E-state index contributed by atoms with van der Waals surface area (Å²) in [6, 6.07) is 14.3. The number of para-hydroxylation sites is 2. The maximum atomic E-state index is 9.87. The minimum Gasteiger partial charge on any atom is -0.507 e. The molecule has 26 heavy (non-hydrogen) atoms. The standard InChI is InChI=1S/C21H27N3O2/c1-4-20(22-14-16-10-6-8-12-18(16)25)24(3)21(5-2)23-15-17-11-7-9-13-19(17)26/h6-15,20-21,25-26H,4-5H2,1-3H3. The van der Waals surface area contributed by atoms with Crippen molar-refractivity contribution in [3.05, 3.63) is 59.7 Å². The van der Waals surface area contributed by atoms with Gasteiger partial charge in [0.1, 0.15) is 23.8 Å². The first-order chi connectivity index (χ1) is 12.6. The van der Waals surface area contributed by atoms with Crippen LogP contribution in [-0.4, -0.2) is 46.9 Å². The van der Waals surface area contributed by atoms with Crippen molar-refractivity contribution in [2.24, 2.45) is 9.98 Å². The lowest BCUT2D eigenvalue weighted by atomic mass is 10.2. The lowest BCUT2D eigenvalue weighted by Gasteiger charge is -2.29. The summed E-state index contributed by atoms with van der Waals surface area (Å²) in [4.78, 5) is 11.4. The molecule has 2 aromatic rings. The first kappa shape index (κ1) is 19.7. The molecule has 5 nitrogen and oxygen atoms in total. The summed E-state index contributed by atoms with van der Waals surface area (Å²) in [6.45, 7) is 4.14. The van der Waals surface area contributed by atoms with Crippen molar-refractivity contribution in [1.29, 1.82) is 0 Å². The zero-order chi connectivity index (χ0) is 18.9. The monoisotopic (exact) mass is 353 g/mol. The Balaban J connectivity index is 2.13. The number of aromatic hydroxyl groups is 2. The van der Waals surface area contributed by atoms with Crippen LogP contribution in [0.5, 0.6) is 11.5 Å². The molecule has 0 aliphatic heterocycles. The molecular formula is C21H27N3O2. The molecule has 0 aromatic heterocycles. The molecule has 2 unspecified atom stereocenters. The van der Waals surface area contributed by atoms with Crippen molar-refractivity contribution < 1.29 is 10.2 Å². The van der Waals surface area contributed by atoms with E-state index in [9.17, 15) is 10.2 Å². The Hall–Kier alpha value is -2.66. The zero-order valence-electron chi connectivity index (χ0n) is 15.6. The SMILES string of the molecule is CCC(N=Cc1ccccc1O)N(C)C(CC)N=Cc1ccccc1O. The van der Waals surface area contributed by atoms with E-state index in [1.54, 1.807) is 36.7 Å². The predicted octanol–water partition coefficient (Wildman–Crippen LogP) is 4.04. The fourth-order valence-corrected chi connectivity index (χ4v) is 2.72. The van der Waals surface area contributed by atoms with Crippen LogP contribution in [0.2, 0.25) is 0 Å². The average Bonchev–Trinajstić information content (AvgIpc) is 2.65. The average molecular weight is 353 g/mol. The summed E-state index contributed by atoms with van der Waals surface area (Å²) in [5.41, 5.74) is 1.40. The van der Waals surface area contributed by atoms with Crippen LogP contribution in [0.25, 0.3) is 0 Å². The highest BCUT2D eigenvalue weighted by atomic mass is 16.3. The van der Waals surface area contributed by atoms with Crippen molar-refractivity contribution in [1.82, 2.24) is 4.90 Å². The van der Waals surface area contributed by atoms with E-state index < -0.39 is 0 Å². The third-order valence-electron chi connectivity index (χ3n) is 4.32. The molecule has 2 rings (SSSR count). The number of aliphatic imine (C=N–C) groups is 2. The van der Waals surface area contributed by atoms with Gasteiger partial charge in [-0.15, -0.1) is 0 Å². The van der Waals surface area contributed by atoms with Crippen LogP contribution in [-0.2, 0) is 0 Å². The lowest BCUT2D eigenvalue weighted by molar-refractivity contribution is 0.174. The van der Waals surface area contributed by atoms with Gasteiger partial charge < -0.3 is 10.2 Å². The molecule has 2 aromatic carbocycles. The molecule has 2 N–H and O–H groups in total. The molecule has 5 heteroatoms. The normalized spacial score (nSPS) is 14.3. The Morgan fingerprint density at radius 2 is 1.19 bits per heavy atom. The number of hydrogen-bond donors (Lipinski definition) is 2. The Labute approximate surface area is 155 Å². The molecule has 0 heterocycles. The zero-order valence-corrected chi connectivity index (χ0v) is 15.6. The number of phenolic OH excluding ortho intramolecular Hbond substituents is 2. The third kappa shape index (κ3) is 5.17. The van der Waals surface area contributed by atoms with Gasteiger partial charge in [-0.2, -0.15) is 0 Å². The van der Waals surface area contributed by atoms with Crippen LogP contribution in [0.15, 0.2) is 58.5 Å². The van der Waals surface area contributed by atoms with E-state index in [-0.39, 0.29) is 23.8 Å². The summed E-state index contributed by atoms with van der Waals surface area (Å²) in [6.07, 6.45) is 4.95. The van der Waals surface area contributed by atoms with Crippen LogP contribution in [0.3, 0.4) is 0 Å². The molecule has 0 amide bonds. The minimum absolute atomic E-state index is 0.0546. The van der Waals surface area contributed by atoms with E-state index in [0.29, 0.717) is 11.1 Å². The molecule has 0 bridgehead atoms. The molecule has 0 fully saturated rings. The topological polar surface area (TPSA) is 68.4 Å². The van der Waals surface area contributed by atoms with Gasteiger partial charge >= 0.3 is 0 Å². The highest BCUT2D eigenvalue weighted by molar-refractivity contribution is 5.83. The first-order valence-electron chi connectivity index (χ1n) is 8.91. The van der Waals surface area contributed by atoms with Gasteiger partial charge in [0, 0.05) is 23.6 Å². The van der Waals surface area contributed by atoms with Gasteiger partial charge in [0.05, 0.1) is 0 Å². The smallest absolute Gasteiger partial charge is 0.124 e. The molecule has 138 valence electrons. The summed E-state index contributed by atoms with van der Waals surface area (Å²) in [7, 11) is 1.99. The van der Waals surface area contributed by atoms with Gasteiger partial charge in [0.15, 0.2) is 0 Å². The molecule has 0 spiro atoms. The second-order valence-electron chi connectivity index (χ2n) is 6.12. The van der Waals surface area contributed by atoms with Gasteiger partial charge in [-0.1, -0.05) is 38.1 Å². The first-order valence-corrected chi connectivity index (χ1v) is 8.91. The summed E-state index contributed by atoms with van der Waals surface area (Å²) in [5, 5.41) is 19.7. The van der Waals surface area contributed by atoms with Crippen LogP contribution in [0, 0.1) is 0 Å². The van der Waals surface area contributed by atoms with E-state index in [4.69, 9.17) is 0 Å². The highest BCUT2D eigenvalue weighted by Gasteiger charge is 2.18. The van der Waals surface area contributed by atoms with Gasteiger partial charge in [-0.3, -0.25) is 14.9 Å². The van der Waals surface area contributed by atoms with Crippen LogP contribution in [0.1, 0.15) is 37.8 Å². The molecule has 0 radical (unpaired) electrons. The van der Waals surface area contributed by atoms with Gasteiger partial charge in [-0.05, 0) is 44.2 Å². The van der Waals surface area contributed by atoms with Gasteiger partial charge in [0.2, 0.25) is 0 Å². The highest BCUT2D eigenvalue weighted by Crippen LogP contribution is 2.17. The predicted molar refractivity (Wildman–Crippen MR) is 107 cm³/mol. The summed E-state index contributed by atoms with van der Waals surface area (Å²) >= 11 is 0. The summed E-state index contributed by atoms with van der Waals surface area (Å²) < 4.78 is 0. The van der Waals surface area contributed by atoms with Crippen molar-refractivity contribution in [2.45, 2.75) is 39.0 Å². The van der Waals surface area contributed by atoms with Crippen LogP contribution < -0.4 is 0 Å². The fraction of sp³-hybridized carbons (Fsp3) is 0.333. The Bertz CT molecular complexity index is 695. The van der Waals surface area contributed by atoms with E-state index in [0.717, 1.165) is 12.8 Å². The Kier molecular flexibility index (Phi) is 7.36. The number of rotatable bonds is 8. The number of hydrogen-bond acceptors (Lipinski definition) is 5. The molecule has 2 atom stereocenters. The minimum atomic E-state index is -0.0546. The van der Waals surface area contributed by atoms with E-state index in [1.807, 2.05) is 31.3 Å². The van der Waals surface area contributed by atoms with E-state index >= 15 is 0 Å². The number of phenols is 2. The Morgan fingerprint density at radius 1 is 0.808 bits per heavy atom. The second-order valence-corrected chi connectivity index (χ2v) is 6.12. The fourth-order valence-electron chi connectivity index (χ4n) is 2.72. The molecule has 0 aliphatic carbocycles.